The van der Waals surface area contributed by atoms with Crippen molar-refractivity contribution in [3.8, 4) is 5.75 Å². The molecule has 96 valence electrons. The Balaban J connectivity index is 2.15. The molecule has 1 saturated heterocycles. The zero-order valence-corrected chi connectivity index (χ0v) is 10.5. The van der Waals surface area contributed by atoms with Crippen LogP contribution >= 0.6 is 11.6 Å². The van der Waals surface area contributed by atoms with Crippen LogP contribution in [0.3, 0.4) is 0 Å². The van der Waals surface area contributed by atoms with Crippen molar-refractivity contribution < 1.29 is 19.4 Å². The van der Waals surface area contributed by atoms with Crippen molar-refractivity contribution in [3.63, 3.8) is 0 Å². The zero-order valence-electron chi connectivity index (χ0n) is 9.72. The third-order valence-corrected chi connectivity index (χ3v) is 3.12. The molecule has 1 aromatic carbocycles. The van der Waals surface area contributed by atoms with Crippen LogP contribution in [0.2, 0.25) is 5.02 Å². The molecule has 5 nitrogen and oxygen atoms in total. The number of carboxylic acids is 1. The van der Waals surface area contributed by atoms with Crippen molar-refractivity contribution in [2.45, 2.75) is 12.5 Å². The molecule has 1 heterocycles. The molecule has 1 fully saturated rings. The van der Waals surface area contributed by atoms with Crippen LogP contribution in [0, 0.1) is 0 Å². The number of carbonyl (C=O) groups excluding carboxylic acids is 1. The minimum atomic E-state index is -1.06. The predicted molar refractivity (Wildman–Crippen MR) is 65.1 cm³/mol. The van der Waals surface area contributed by atoms with Gasteiger partial charge < -0.3 is 14.7 Å². The minimum Gasteiger partial charge on any atom is -0.479 e. The van der Waals surface area contributed by atoms with Crippen molar-refractivity contribution in [2.75, 3.05) is 13.6 Å². The fourth-order valence-corrected chi connectivity index (χ4v) is 2.01. The number of carboxylic acid groups (broad SMARTS) is 1. The maximum absolute atomic E-state index is 11.7. The smallest absolute Gasteiger partial charge is 0.335 e. The highest BCUT2D eigenvalue weighted by molar-refractivity contribution is 6.32. The minimum absolute atomic E-state index is 0.0854. The van der Waals surface area contributed by atoms with Gasteiger partial charge in [0.2, 0.25) is 0 Å². The van der Waals surface area contributed by atoms with E-state index in [1.54, 1.807) is 11.9 Å². The molecule has 6 heteroatoms. The first kappa shape index (κ1) is 12.7. The van der Waals surface area contributed by atoms with Crippen molar-refractivity contribution >= 4 is 23.5 Å². The molecule has 1 unspecified atom stereocenters. The van der Waals surface area contributed by atoms with Gasteiger partial charge in [-0.25, -0.2) is 4.79 Å². The molecule has 0 radical (unpaired) electrons. The van der Waals surface area contributed by atoms with E-state index in [1.165, 1.54) is 18.2 Å². The maximum atomic E-state index is 11.7. The quantitative estimate of drug-likeness (QED) is 0.906. The number of aromatic carboxylic acids is 1. The first-order valence-corrected chi connectivity index (χ1v) is 5.81. The molecule has 2 rings (SSSR count). The lowest BCUT2D eigenvalue weighted by Crippen LogP contribution is -2.29. The third-order valence-electron chi connectivity index (χ3n) is 2.83. The Labute approximate surface area is 109 Å². The lowest BCUT2D eigenvalue weighted by Gasteiger charge is -2.14. The van der Waals surface area contributed by atoms with Crippen LogP contribution in [-0.2, 0) is 4.79 Å². The lowest BCUT2D eigenvalue weighted by atomic mass is 10.2. The summed E-state index contributed by atoms with van der Waals surface area (Å²) >= 11 is 5.92. The van der Waals surface area contributed by atoms with Gasteiger partial charge in [-0.2, -0.15) is 0 Å². The number of amides is 1. The Bertz CT molecular complexity index is 503. The Morgan fingerprint density at radius 3 is 2.78 bits per heavy atom. The normalized spacial score (nSPS) is 19.1. The van der Waals surface area contributed by atoms with Gasteiger partial charge in [-0.15, -0.1) is 0 Å². The van der Waals surface area contributed by atoms with E-state index in [-0.39, 0.29) is 16.5 Å². The molecular weight excluding hydrogens is 258 g/mol. The Morgan fingerprint density at radius 1 is 1.56 bits per heavy atom. The SMILES string of the molecule is CN1CCC(Oc2ccc(C(=O)O)cc2Cl)C1=O. The second-order valence-electron chi connectivity index (χ2n) is 4.11. The van der Waals surface area contributed by atoms with Crippen LogP contribution in [0.15, 0.2) is 18.2 Å². The molecule has 0 saturated carbocycles. The van der Waals surface area contributed by atoms with E-state index in [9.17, 15) is 9.59 Å². The molecule has 1 atom stereocenters. The second-order valence-corrected chi connectivity index (χ2v) is 4.51. The summed E-state index contributed by atoms with van der Waals surface area (Å²) in [5, 5.41) is 8.99. The van der Waals surface area contributed by atoms with Crippen molar-refractivity contribution in [3.05, 3.63) is 28.8 Å². The van der Waals surface area contributed by atoms with Gasteiger partial charge in [0.05, 0.1) is 10.6 Å². The number of ether oxygens (including phenoxy) is 1. The van der Waals surface area contributed by atoms with Crippen molar-refractivity contribution in [2.24, 2.45) is 0 Å². The van der Waals surface area contributed by atoms with Gasteiger partial charge in [0.25, 0.3) is 5.91 Å². The summed E-state index contributed by atoms with van der Waals surface area (Å²) in [5.74, 6) is -0.816. The molecule has 0 aliphatic carbocycles. The van der Waals surface area contributed by atoms with Crippen molar-refractivity contribution in [1.29, 1.82) is 0 Å². The average Bonchev–Trinajstić information content (AvgIpc) is 2.63. The Morgan fingerprint density at radius 2 is 2.28 bits per heavy atom. The number of rotatable bonds is 3. The number of nitrogens with zero attached hydrogens (tertiary/aromatic N) is 1. The van der Waals surface area contributed by atoms with E-state index in [2.05, 4.69) is 0 Å². The second kappa shape index (κ2) is 4.86. The highest BCUT2D eigenvalue weighted by Gasteiger charge is 2.31. The van der Waals surface area contributed by atoms with E-state index in [4.69, 9.17) is 21.4 Å². The van der Waals surface area contributed by atoms with Crippen LogP contribution in [0.1, 0.15) is 16.8 Å². The molecule has 0 bridgehead atoms. The summed E-state index contributed by atoms with van der Waals surface area (Å²) in [6.07, 6.45) is 0.0648. The summed E-state index contributed by atoms with van der Waals surface area (Å²) in [4.78, 5) is 24.0. The van der Waals surface area contributed by atoms with Gasteiger partial charge in [0, 0.05) is 20.0 Å². The van der Waals surface area contributed by atoms with Gasteiger partial charge >= 0.3 is 5.97 Å². The Kier molecular flexibility index (Phi) is 3.43. The summed E-state index contributed by atoms with van der Waals surface area (Å²) in [7, 11) is 1.71. The van der Waals surface area contributed by atoms with E-state index in [0.29, 0.717) is 18.7 Å². The average molecular weight is 270 g/mol. The number of likely N-dealkylation sites (N-methyl/N-ethyl adjacent to an activating group) is 1. The van der Waals surface area contributed by atoms with Gasteiger partial charge in [0.15, 0.2) is 6.10 Å². The number of likely N-dealkylation sites (tertiary alicyclic amines) is 1. The summed E-state index contributed by atoms with van der Waals surface area (Å²) < 4.78 is 5.51. The third kappa shape index (κ3) is 2.41. The molecule has 18 heavy (non-hydrogen) atoms. The summed E-state index contributed by atoms with van der Waals surface area (Å²) in [6, 6.07) is 4.17. The standard InChI is InChI=1S/C12H12ClNO4/c1-14-5-4-10(11(14)15)18-9-3-2-7(12(16)17)6-8(9)13/h2-3,6,10H,4-5H2,1H3,(H,16,17). The van der Waals surface area contributed by atoms with E-state index >= 15 is 0 Å². The fraction of sp³-hybridized carbons (Fsp3) is 0.333. The number of hydrogen-bond acceptors (Lipinski definition) is 3. The molecule has 0 spiro atoms. The first-order valence-electron chi connectivity index (χ1n) is 5.43. The number of hydrogen-bond donors (Lipinski definition) is 1. The summed E-state index contributed by atoms with van der Waals surface area (Å²) in [6.45, 7) is 0.647. The van der Waals surface area contributed by atoms with Gasteiger partial charge in [-0.1, -0.05) is 11.6 Å². The molecule has 1 aliphatic heterocycles. The fourth-order valence-electron chi connectivity index (χ4n) is 1.78. The largest absolute Gasteiger partial charge is 0.479 e. The van der Waals surface area contributed by atoms with Crippen molar-refractivity contribution in [1.82, 2.24) is 4.90 Å². The van der Waals surface area contributed by atoms with Crippen LogP contribution in [0.25, 0.3) is 0 Å². The predicted octanol–water partition coefficient (Wildman–Crippen LogP) is 1.65. The van der Waals surface area contributed by atoms with E-state index in [1.807, 2.05) is 0 Å². The monoisotopic (exact) mass is 269 g/mol. The molecule has 0 aromatic heterocycles. The van der Waals surface area contributed by atoms with Crippen LogP contribution in [0.4, 0.5) is 0 Å². The van der Waals surface area contributed by atoms with Gasteiger partial charge in [-0.05, 0) is 18.2 Å². The molecular formula is C12H12ClNO4. The molecule has 1 amide bonds. The van der Waals surface area contributed by atoms with E-state index in [0.717, 1.165) is 0 Å². The highest BCUT2D eigenvalue weighted by Crippen LogP contribution is 2.28. The summed E-state index contributed by atoms with van der Waals surface area (Å²) in [5.41, 5.74) is 0.0854. The Hall–Kier alpha value is -1.75. The van der Waals surface area contributed by atoms with Crippen LogP contribution < -0.4 is 4.74 Å². The molecule has 1 aliphatic rings. The first-order chi connectivity index (χ1) is 8.49. The van der Waals surface area contributed by atoms with Gasteiger partial charge in [-0.3, -0.25) is 4.79 Å². The molecule has 1 aromatic rings. The van der Waals surface area contributed by atoms with Gasteiger partial charge in [0.1, 0.15) is 5.75 Å². The highest BCUT2D eigenvalue weighted by atomic mass is 35.5. The van der Waals surface area contributed by atoms with E-state index < -0.39 is 12.1 Å². The number of benzene rings is 1. The molecule has 1 N–H and O–H groups in total. The number of carbonyl (C=O) groups is 2. The topological polar surface area (TPSA) is 66.8 Å². The maximum Gasteiger partial charge on any atom is 0.335 e. The lowest BCUT2D eigenvalue weighted by molar-refractivity contribution is -0.132. The number of halogens is 1. The zero-order chi connectivity index (χ0) is 13.3. The van der Waals surface area contributed by atoms with Crippen LogP contribution in [-0.4, -0.2) is 41.6 Å². The van der Waals surface area contributed by atoms with Crippen LogP contribution in [0.5, 0.6) is 5.75 Å².